The van der Waals surface area contributed by atoms with E-state index < -0.39 is 0 Å². The highest BCUT2D eigenvalue weighted by Crippen LogP contribution is 2.18. The van der Waals surface area contributed by atoms with Crippen molar-refractivity contribution in [1.82, 2.24) is 9.88 Å². The maximum Gasteiger partial charge on any atom is 0.153 e. The second-order valence-corrected chi connectivity index (χ2v) is 4.81. The zero-order valence-electron chi connectivity index (χ0n) is 11.2. The summed E-state index contributed by atoms with van der Waals surface area (Å²) in [4.78, 5) is 20.1. The molecule has 1 atom stereocenters. The van der Waals surface area contributed by atoms with Crippen molar-refractivity contribution in [3.8, 4) is 0 Å². The maximum atomic E-state index is 11.0. The lowest BCUT2D eigenvalue weighted by Gasteiger charge is -2.38. The van der Waals surface area contributed by atoms with E-state index in [0.717, 1.165) is 38.3 Å². The molecule has 0 spiro atoms. The molecule has 98 valence electrons. The molecule has 0 N–H and O–H groups in total. The Labute approximate surface area is 109 Å². The van der Waals surface area contributed by atoms with Gasteiger partial charge in [-0.15, -0.1) is 0 Å². The summed E-state index contributed by atoms with van der Waals surface area (Å²) in [7, 11) is 0. The van der Waals surface area contributed by atoms with Crippen molar-refractivity contribution < 1.29 is 4.79 Å². The fraction of sp³-hybridized carbons (Fsp3) is 0.571. The minimum atomic E-state index is 0.640. The van der Waals surface area contributed by atoms with Gasteiger partial charge in [-0.25, -0.2) is 4.98 Å². The Bertz CT molecular complexity index is 400. The number of hydrogen-bond acceptors (Lipinski definition) is 4. The van der Waals surface area contributed by atoms with Crippen LogP contribution in [0.3, 0.4) is 0 Å². The van der Waals surface area contributed by atoms with Crippen molar-refractivity contribution in [1.29, 1.82) is 0 Å². The molecule has 1 unspecified atom stereocenters. The second kappa shape index (κ2) is 5.96. The molecule has 18 heavy (non-hydrogen) atoms. The van der Waals surface area contributed by atoms with Crippen molar-refractivity contribution in [2.24, 2.45) is 0 Å². The van der Waals surface area contributed by atoms with Crippen LogP contribution in [0.25, 0.3) is 0 Å². The van der Waals surface area contributed by atoms with Gasteiger partial charge in [0.25, 0.3) is 0 Å². The fourth-order valence-corrected chi connectivity index (χ4v) is 2.40. The Balaban J connectivity index is 2.03. The third-order valence-electron chi connectivity index (χ3n) is 3.77. The first-order valence-corrected chi connectivity index (χ1v) is 6.65. The van der Waals surface area contributed by atoms with E-state index in [2.05, 4.69) is 28.6 Å². The molecule has 2 rings (SSSR count). The third kappa shape index (κ3) is 2.70. The Hall–Kier alpha value is -1.42. The van der Waals surface area contributed by atoms with Crippen LogP contribution in [0.2, 0.25) is 0 Å². The molecule has 1 aromatic rings. The van der Waals surface area contributed by atoms with E-state index in [4.69, 9.17) is 0 Å². The zero-order chi connectivity index (χ0) is 13.0. The number of carbonyl (C=O) groups is 1. The molecule has 4 heteroatoms. The van der Waals surface area contributed by atoms with E-state index >= 15 is 0 Å². The van der Waals surface area contributed by atoms with Gasteiger partial charge >= 0.3 is 0 Å². The Kier molecular flexibility index (Phi) is 4.31. The second-order valence-electron chi connectivity index (χ2n) is 4.81. The van der Waals surface area contributed by atoms with Gasteiger partial charge < -0.3 is 4.90 Å². The highest BCUT2D eigenvalue weighted by Gasteiger charge is 2.22. The predicted molar refractivity (Wildman–Crippen MR) is 73.2 cm³/mol. The number of hydrogen-bond donors (Lipinski definition) is 0. The smallest absolute Gasteiger partial charge is 0.153 e. The summed E-state index contributed by atoms with van der Waals surface area (Å²) in [5, 5.41) is 0. The van der Waals surface area contributed by atoms with Crippen molar-refractivity contribution >= 4 is 12.1 Å². The van der Waals surface area contributed by atoms with Crippen LogP contribution in [0.4, 0.5) is 5.82 Å². The normalized spacial score (nSPS) is 18.7. The summed E-state index contributed by atoms with van der Waals surface area (Å²) >= 11 is 0. The third-order valence-corrected chi connectivity index (χ3v) is 3.77. The van der Waals surface area contributed by atoms with Crippen LogP contribution in [0.5, 0.6) is 0 Å². The van der Waals surface area contributed by atoms with E-state index in [9.17, 15) is 4.79 Å². The monoisotopic (exact) mass is 247 g/mol. The van der Waals surface area contributed by atoms with Gasteiger partial charge in [-0.05, 0) is 25.5 Å². The zero-order valence-corrected chi connectivity index (χ0v) is 11.2. The Morgan fingerprint density at radius 2 is 2.11 bits per heavy atom. The van der Waals surface area contributed by atoms with Gasteiger partial charge in [0.05, 0.1) is 5.56 Å². The van der Waals surface area contributed by atoms with E-state index in [1.54, 1.807) is 6.20 Å². The number of nitrogens with zero attached hydrogens (tertiary/aromatic N) is 3. The topological polar surface area (TPSA) is 36.4 Å². The Morgan fingerprint density at radius 3 is 2.72 bits per heavy atom. The quantitative estimate of drug-likeness (QED) is 0.760. The standard InChI is InChI=1S/C14H21N3O/c1-3-12(2)16-7-9-17(10-8-16)14-13(11-18)5-4-6-15-14/h4-6,11-12H,3,7-10H2,1-2H3. The van der Waals surface area contributed by atoms with E-state index in [1.807, 2.05) is 12.1 Å². The molecule has 1 aliphatic heterocycles. The number of piperazine rings is 1. The van der Waals surface area contributed by atoms with Crippen LogP contribution < -0.4 is 4.90 Å². The van der Waals surface area contributed by atoms with Crippen LogP contribution in [-0.4, -0.2) is 48.4 Å². The summed E-state index contributed by atoms with van der Waals surface area (Å²) in [6.45, 7) is 8.48. The number of rotatable bonds is 4. The molecule has 0 aliphatic carbocycles. The molecule has 1 fully saturated rings. The molecular formula is C14H21N3O. The van der Waals surface area contributed by atoms with Crippen LogP contribution in [0.1, 0.15) is 30.6 Å². The first-order chi connectivity index (χ1) is 8.76. The number of aldehydes is 1. The molecule has 0 bridgehead atoms. The van der Waals surface area contributed by atoms with Crippen LogP contribution in [0, 0.1) is 0 Å². The van der Waals surface area contributed by atoms with E-state index in [1.165, 1.54) is 6.42 Å². The molecule has 1 aliphatic rings. The highest BCUT2D eigenvalue weighted by atomic mass is 16.1. The molecular weight excluding hydrogens is 226 g/mol. The molecule has 1 aromatic heterocycles. The average molecular weight is 247 g/mol. The lowest BCUT2D eigenvalue weighted by Crippen LogP contribution is -2.49. The number of anilines is 1. The van der Waals surface area contributed by atoms with Gasteiger partial charge in [0.1, 0.15) is 5.82 Å². The number of carbonyl (C=O) groups excluding carboxylic acids is 1. The minimum absolute atomic E-state index is 0.640. The SMILES string of the molecule is CCC(C)N1CCN(c2ncccc2C=O)CC1. The number of pyridine rings is 1. The van der Waals surface area contributed by atoms with Crippen molar-refractivity contribution in [2.45, 2.75) is 26.3 Å². The van der Waals surface area contributed by atoms with Crippen molar-refractivity contribution in [2.75, 3.05) is 31.1 Å². The molecule has 1 saturated heterocycles. The van der Waals surface area contributed by atoms with E-state index in [0.29, 0.717) is 11.6 Å². The summed E-state index contributed by atoms with van der Waals surface area (Å²) in [5.74, 6) is 0.830. The molecule has 2 heterocycles. The Morgan fingerprint density at radius 1 is 1.39 bits per heavy atom. The molecule has 0 amide bonds. The van der Waals surface area contributed by atoms with E-state index in [-0.39, 0.29) is 0 Å². The van der Waals surface area contributed by atoms with Gasteiger partial charge in [-0.1, -0.05) is 6.92 Å². The largest absolute Gasteiger partial charge is 0.353 e. The van der Waals surface area contributed by atoms with Crippen molar-refractivity contribution in [3.63, 3.8) is 0 Å². The fourth-order valence-electron chi connectivity index (χ4n) is 2.40. The van der Waals surface area contributed by atoms with Crippen molar-refractivity contribution in [3.05, 3.63) is 23.9 Å². The van der Waals surface area contributed by atoms with Gasteiger partial charge in [0, 0.05) is 38.4 Å². The molecule has 0 aromatic carbocycles. The van der Waals surface area contributed by atoms with Crippen LogP contribution in [0.15, 0.2) is 18.3 Å². The molecule has 4 nitrogen and oxygen atoms in total. The first-order valence-electron chi connectivity index (χ1n) is 6.65. The van der Waals surface area contributed by atoms with Gasteiger partial charge in [-0.3, -0.25) is 9.69 Å². The van der Waals surface area contributed by atoms with Crippen LogP contribution >= 0.6 is 0 Å². The average Bonchev–Trinajstić information content (AvgIpc) is 2.46. The van der Waals surface area contributed by atoms with Gasteiger partial charge in [0.15, 0.2) is 6.29 Å². The van der Waals surface area contributed by atoms with Crippen LogP contribution in [-0.2, 0) is 0 Å². The predicted octanol–water partition coefficient (Wildman–Crippen LogP) is 1.81. The van der Waals surface area contributed by atoms with Gasteiger partial charge in [-0.2, -0.15) is 0 Å². The summed E-state index contributed by atoms with van der Waals surface area (Å²) < 4.78 is 0. The highest BCUT2D eigenvalue weighted by molar-refractivity contribution is 5.82. The summed E-state index contributed by atoms with van der Waals surface area (Å²) in [6, 6.07) is 4.28. The number of aromatic nitrogens is 1. The van der Waals surface area contributed by atoms with Gasteiger partial charge in [0.2, 0.25) is 0 Å². The molecule has 0 radical (unpaired) electrons. The lowest BCUT2D eigenvalue weighted by molar-refractivity contribution is 0.112. The summed E-state index contributed by atoms with van der Waals surface area (Å²) in [5.41, 5.74) is 0.689. The summed E-state index contributed by atoms with van der Waals surface area (Å²) in [6.07, 6.45) is 3.83. The lowest BCUT2D eigenvalue weighted by atomic mass is 10.2. The molecule has 0 saturated carbocycles. The minimum Gasteiger partial charge on any atom is -0.353 e. The maximum absolute atomic E-state index is 11.0. The first kappa shape index (κ1) is 13.0.